The maximum atomic E-state index is 11.1. The summed E-state index contributed by atoms with van der Waals surface area (Å²) >= 11 is 11.3. The lowest BCUT2D eigenvalue weighted by Crippen LogP contribution is -2.18. The zero-order chi connectivity index (χ0) is 12.1. The number of anilines is 2. The number of amides is 1. The second kappa shape index (κ2) is 5.92. The van der Waals surface area contributed by atoms with Crippen LogP contribution in [-0.4, -0.2) is 30.4 Å². The van der Waals surface area contributed by atoms with Crippen LogP contribution in [0.1, 0.15) is 6.92 Å². The summed E-state index contributed by atoms with van der Waals surface area (Å²) in [4.78, 5) is 17.2. The second-order valence-corrected chi connectivity index (χ2v) is 3.89. The molecule has 1 aromatic heterocycles. The van der Waals surface area contributed by atoms with Gasteiger partial charge in [-0.1, -0.05) is 11.6 Å². The molecule has 1 rings (SSSR count). The summed E-state index contributed by atoms with van der Waals surface area (Å²) in [5.74, 6) is 0.356. The molecule has 0 unspecified atom stereocenters. The van der Waals surface area contributed by atoms with Gasteiger partial charge in [0.1, 0.15) is 11.7 Å². The minimum Gasteiger partial charge on any atom is -0.360 e. The Morgan fingerprint density at radius 3 is 2.88 bits per heavy atom. The number of hydrogen-bond donors (Lipinski definition) is 1. The van der Waals surface area contributed by atoms with E-state index in [9.17, 15) is 4.79 Å². The van der Waals surface area contributed by atoms with Crippen LogP contribution in [0.2, 0.25) is 5.02 Å². The molecule has 0 saturated heterocycles. The van der Waals surface area contributed by atoms with Crippen molar-refractivity contribution < 1.29 is 4.79 Å². The van der Waals surface area contributed by atoms with Gasteiger partial charge in [0, 0.05) is 19.7 Å². The molecule has 88 valence electrons. The summed E-state index contributed by atoms with van der Waals surface area (Å²) in [5, 5.41) is 3.00. The maximum Gasteiger partial charge on any atom is 0.239 e. The van der Waals surface area contributed by atoms with Crippen molar-refractivity contribution in [2.24, 2.45) is 0 Å². The quantitative estimate of drug-likeness (QED) is 0.847. The van der Waals surface area contributed by atoms with Crippen molar-refractivity contribution in [2.45, 2.75) is 6.92 Å². The fraction of sp³-hybridized carbons (Fsp3) is 0.400. The Kier molecular flexibility index (Phi) is 4.83. The number of nitrogens with one attached hydrogen (secondary N) is 1. The molecular formula is C10H13Cl2N3O. The monoisotopic (exact) mass is 261 g/mol. The molecule has 6 heteroatoms. The normalized spacial score (nSPS) is 10.0. The van der Waals surface area contributed by atoms with E-state index in [0.29, 0.717) is 10.7 Å². The molecule has 0 aliphatic rings. The molecule has 4 nitrogen and oxygen atoms in total. The number of pyridine rings is 1. The van der Waals surface area contributed by atoms with Crippen LogP contribution >= 0.6 is 23.2 Å². The smallest absolute Gasteiger partial charge is 0.239 e. The van der Waals surface area contributed by atoms with Crippen molar-refractivity contribution in [3.8, 4) is 0 Å². The Balaban J connectivity index is 2.94. The molecule has 0 spiro atoms. The van der Waals surface area contributed by atoms with Gasteiger partial charge in [0.25, 0.3) is 0 Å². The highest BCUT2D eigenvalue weighted by molar-refractivity contribution is 6.34. The predicted octanol–water partition coefficient (Wildman–Crippen LogP) is 2.37. The Morgan fingerprint density at radius 2 is 2.31 bits per heavy atom. The highest BCUT2D eigenvalue weighted by Crippen LogP contribution is 2.24. The van der Waals surface area contributed by atoms with Crippen molar-refractivity contribution >= 4 is 40.6 Å². The van der Waals surface area contributed by atoms with Crippen LogP contribution in [0.4, 0.5) is 11.5 Å². The van der Waals surface area contributed by atoms with E-state index in [4.69, 9.17) is 23.2 Å². The van der Waals surface area contributed by atoms with Gasteiger partial charge >= 0.3 is 0 Å². The topological polar surface area (TPSA) is 45.2 Å². The number of aromatic nitrogens is 1. The first-order valence-corrected chi connectivity index (χ1v) is 5.72. The molecule has 16 heavy (non-hydrogen) atoms. The van der Waals surface area contributed by atoms with E-state index >= 15 is 0 Å². The first-order valence-electron chi connectivity index (χ1n) is 4.81. The second-order valence-electron chi connectivity index (χ2n) is 3.22. The third-order valence-electron chi connectivity index (χ3n) is 2.10. The molecule has 0 radical (unpaired) electrons. The molecule has 0 bridgehead atoms. The molecule has 1 amide bonds. The molecular weight excluding hydrogens is 249 g/mol. The van der Waals surface area contributed by atoms with E-state index in [1.165, 1.54) is 6.20 Å². The van der Waals surface area contributed by atoms with Crippen LogP contribution in [0.5, 0.6) is 0 Å². The summed E-state index contributed by atoms with van der Waals surface area (Å²) in [6, 6.07) is 1.72. The van der Waals surface area contributed by atoms with Gasteiger partial charge < -0.3 is 10.2 Å². The average molecular weight is 262 g/mol. The van der Waals surface area contributed by atoms with Gasteiger partial charge in [-0.3, -0.25) is 4.79 Å². The van der Waals surface area contributed by atoms with Gasteiger partial charge in [-0.05, 0) is 6.92 Å². The van der Waals surface area contributed by atoms with Crippen LogP contribution in [0.3, 0.4) is 0 Å². The van der Waals surface area contributed by atoms with Crippen molar-refractivity contribution in [2.75, 3.05) is 29.7 Å². The van der Waals surface area contributed by atoms with Crippen molar-refractivity contribution in [1.82, 2.24) is 4.98 Å². The number of carbonyl (C=O) groups is 1. The van der Waals surface area contributed by atoms with Gasteiger partial charge in [0.2, 0.25) is 5.91 Å². The number of rotatable bonds is 4. The average Bonchev–Trinajstić information content (AvgIpc) is 2.30. The zero-order valence-corrected chi connectivity index (χ0v) is 10.6. The molecule has 1 N–H and O–H groups in total. The SMILES string of the molecule is CCN(C)c1cc(NC(=O)CCl)c(Cl)cn1. The number of alkyl halides is 1. The van der Waals surface area contributed by atoms with Gasteiger partial charge in [-0.2, -0.15) is 0 Å². The summed E-state index contributed by atoms with van der Waals surface area (Å²) < 4.78 is 0. The van der Waals surface area contributed by atoms with E-state index in [1.54, 1.807) is 6.07 Å². The first-order chi connectivity index (χ1) is 7.58. The summed E-state index contributed by atoms with van der Waals surface area (Å²) in [6.07, 6.45) is 1.51. The highest BCUT2D eigenvalue weighted by atomic mass is 35.5. The first kappa shape index (κ1) is 13.1. The van der Waals surface area contributed by atoms with E-state index < -0.39 is 0 Å². The van der Waals surface area contributed by atoms with Crippen molar-refractivity contribution in [3.63, 3.8) is 0 Å². The minimum absolute atomic E-state index is 0.0996. The molecule has 0 saturated carbocycles. The summed E-state index contributed by atoms with van der Waals surface area (Å²) in [7, 11) is 1.91. The maximum absolute atomic E-state index is 11.1. The number of halogens is 2. The Morgan fingerprint density at radius 1 is 1.62 bits per heavy atom. The van der Waals surface area contributed by atoms with Crippen molar-refractivity contribution in [3.05, 3.63) is 17.3 Å². The largest absolute Gasteiger partial charge is 0.360 e. The number of nitrogens with zero attached hydrogens (tertiary/aromatic N) is 2. The van der Waals surface area contributed by atoms with Crippen LogP contribution < -0.4 is 10.2 Å². The molecule has 0 aliphatic heterocycles. The Labute approximate surface area is 105 Å². The molecule has 0 aromatic carbocycles. The Bertz CT molecular complexity index is 384. The lowest BCUT2D eigenvalue weighted by molar-refractivity contribution is -0.113. The number of carbonyl (C=O) groups excluding carboxylic acids is 1. The van der Waals surface area contributed by atoms with Crippen molar-refractivity contribution in [1.29, 1.82) is 0 Å². The summed E-state index contributed by atoms with van der Waals surface area (Å²) in [6.45, 7) is 2.82. The van der Waals surface area contributed by atoms with Crippen LogP contribution in [0.25, 0.3) is 0 Å². The van der Waals surface area contributed by atoms with Gasteiger partial charge in [-0.25, -0.2) is 4.98 Å². The zero-order valence-electron chi connectivity index (χ0n) is 9.13. The van der Waals surface area contributed by atoms with E-state index in [1.807, 2.05) is 18.9 Å². The third-order valence-corrected chi connectivity index (χ3v) is 2.65. The number of hydrogen-bond acceptors (Lipinski definition) is 3. The van der Waals surface area contributed by atoms with Gasteiger partial charge in [-0.15, -0.1) is 11.6 Å². The fourth-order valence-corrected chi connectivity index (χ4v) is 1.30. The standard InChI is InChI=1S/C10H13Cl2N3O/c1-3-15(2)9-4-8(7(12)6-13-9)14-10(16)5-11/h4,6H,3,5H2,1-2H3,(H,13,14,16). The molecule has 0 atom stereocenters. The Hall–Kier alpha value is -1.00. The molecule has 1 heterocycles. The molecule has 1 aromatic rings. The van der Waals surface area contributed by atoms with Gasteiger partial charge in [0.05, 0.1) is 16.9 Å². The fourth-order valence-electron chi connectivity index (χ4n) is 1.08. The highest BCUT2D eigenvalue weighted by Gasteiger charge is 2.08. The molecule has 0 fully saturated rings. The third kappa shape index (κ3) is 3.25. The molecule has 0 aliphatic carbocycles. The lowest BCUT2D eigenvalue weighted by Gasteiger charge is -2.16. The van der Waals surface area contributed by atoms with E-state index in [2.05, 4.69) is 10.3 Å². The van der Waals surface area contributed by atoms with Crippen LogP contribution in [-0.2, 0) is 4.79 Å². The van der Waals surface area contributed by atoms with Crippen LogP contribution in [0, 0.1) is 0 Å². The lowest BCUT2D eigenvalue weighted by atomic mass is 10.3. The van der Waals surface area contributed by atoms with E-state index in [0.717, 1.165) is 12.4 Å². The summed E-state index contributed by atoms with van der Waals surface area (Å²) in [5.41, 5.74) is 0.526. The predicted molar refractivity (Wildman–Crippen MR) is 67.5 cm³/mol. The van der Waals surface area contributed by atoms with Crippen LogP contribution in [0.15, 0.2) is 12.3 Å². The van der Waals surface area contributed by atoms with E-state index in [-0.39, 0.29) is 11.8 Å². The van der Waals surface area contributed by atoms with Gasteiger partial charge in [0.15, 0.2) is 0 Å². The minimum atomic E-state index is -0.292.